The summed E-state index contributed by atoms with van der Waals surface area (Å²) < 4.78 is 0. The van der Waals surface area contributed by atoms with Crippen LogP contribution in [0.2, 0.25) is 0 Å². The highest BCUT2D eigenvalue weighted by Gasteiger charge is 2.49. The van der Waals surface area contributed by atoms with Gasteiger partial charge in [0.1, 0.15) is 10.0 Å². The first-order valence-electron chi connectivity index (χ1n) is 8.34. The maximum Gasteiger partial charge on any atom is 0.213 e. The molecule has 0 spiro atoms. The van der Waals surface area contributed by atoms with Crippen LogP contribution in [0.5, 0.6) is 0 Å². The summed E-state index contributed by atoms with van der Waals surface area (Å²) >= 11 is 2.84. The number of carbonyl (C=O) groups excluding carboxylic acids is 2. The van der Waals surface area contributed by atoms with Crippen LogP contribution in [0, 0.1) is 10.8 Å². The second kappa shape index (κ2) is 6.99. The molecule has 2 atom stereocenters. The third-order valence-electron chi connectivity index (χ3n) is 5.11. The highest BCUT2D eigenvalue weighted by atomic mass is 32.1. The lowest BCUT2D eigenvalue weighted by molar-refractivity contribution is -0.106. The Bertz CT molecular complexity index is 736. The fourth-order valence-electron chi connectivity index (χ4n) is 4.13. The van der Waals surface area contributed by atoms with Gasteiger partial charge >= 0.3 is 0 Å². The first-order valence-corrected chi connectivity index (χ1v) is 9.97. The molecule has 0 radical (unpaired) electrons. The van der Waals surface area contributed by atoms with E-state index in [1.54, 1.807) is 0 Å². The van der Waals surface area contributed by atoms with Crippen LogP contribution in [0.25, 0.3) is 0 Å². The smallest absolute Gasteiger partial charge is 0.213 e. The second-order valence-corrected chi connectivity index (χ2v) is 9.93. The van der Waals surface area contributed by atoms with Gasteiger partial charge in [-0.1, -0.05) is 50.4 Å². The van der Waals surface area contributed by atoms with E-state index >= 15 is 0 Å². The third-order valence-corrected chi connectivity index (χ3v) is 7.05. The SMILES string of the molecule is CC1(C)CC(C)(C)[C@H](c2nnc(NC=O)s2)C[C@@H]1c1nnc(NC=O)s1. The minimum atomic E-state index is 0.0343. The molecule has 0 bridgehead atoms. The Labute approximate surface area is 159 Å². The number of nitrogens with one attached hydrogen (secondary N) is 2. The molecule has 26 heavy (non-hydrogen) atoms. The molecule has 2 amide bonds. The summed E-state index contributed by atoms with van der Waals surface area (Å²) in [4.78, 5) is 21.3. The first-order chi connectivity index (χ1) is 12.3. The molecule has 2 aromatic rings. The van der Waals surface area contributed by atoms with Gasteiger partial charge in [-0.15, -0.1) is 20.4 Å². The lowest BCUT2D eigenvalue weighted by atomic mass is 9.55. The molecule has 2 N–H and O–H groups in total. The Kier molecular flexibility index (Phi) is 5.07. The molecule has 1 aliphatic rings. The number of carbonyl (C=O) groups is 2. The summed E-state index contributed by atoms with van der Waals surface area (Å²) in [7, 11) is 0. The van der Waals surface area contributed by atoms with Crippen molar-refractivity contribution in [2.75, 3.05) is 10.6 Å². The minimum absolute atomic E-state index is 0.0343. The van der Waals surface area contributed by atoms with Crippen molar-refractivity contribution >= 4 is 45.8 Å². The standard InChI is InChI=1S/C16H22N6O2S2/c1-15(2)6-16(3,4)10(12-20-22-14(26-12)18-8-24)5-9(15)11-19-21-13(25-11)17-7-23/h7-10H,5-6H2,1-4H3,(H,17,21,23)(H,18,22,24)/t9-,10+. The normalized spacial score (nSPS) is 24.0. The summed E-state index contributed by atoms with van der Waals surface area (Å²) in [5, 5.41) is 24.8. The molecule has 3 rings (SSSR count). The summed E-state index contributed by atoms with van der Waals surface area (Å²) in [6.45, 7) is 9.01. The number of nitrogens with zero attached hydrogens (tertiary/aromatic N) is 4. The summed E-state index contributed by atoms with van der Waals surface area (Å²) in [5.74, 6) is 0.401. The van der Waals surface area contributed by atoms with Crippen LogP contribution in [-0.2, 0) is 9.59 Å². The molecule has 0 aliphatic heterocycles. The molecule has 8 nitrogen and oxygen atoms in total. The van der Waals surface area contributed by atoms with E-state index in [4.69, 9.17) is 0 Å². The highest BCUT2D eigenvalue weighted by molar-refractivity contribution is 7.15. The van der Waals surface area contributed by atoms with E-state index in [9.17, 15) is 9.59 Å². The molecule has 0 aromatic carbocycles. The van der Waals surface area contributed by atoms with Crippen LogP contribution in [-0.4, -0.2) is 33.2 Å². The van der Waals surface area contributed by atoms with Crippen molar-refractivity contribution in [2.45, 2.75) is 52.4 Å². The Morgan fingerprint density at radius 1 is 0.846 bits per heavy atom. The van der Waals surface area contributed by atoms with E-state index in [2.05, 4.69) is 58.7 Å². The van der Waals surface area contributed by atoms with Gasteiger partial charge in [0.05, 0.1) is 0 Å². The van der Waals surface area contributed by atoms with Crippen molar-refractivity contribution in [2.24, 2.45) is 10.8 Å². The Balaban J connectivity index is 1.92. The summed E-state index contributed by atoms with van der Waals surface area (Å²) in [6.07, 6.45) is 3.09. The van der Waals surface area contributed by atoms with Crippen molar-refractivity contribution in [3.63, 3.8) is 0 Å². The molecule has 2 aromatic heterocycles. The zero-order chi connectivity index (χ0) is 18.9. The number of anilines is 2. The van der Waals surface area contributed by atoms with Gasteiger partial charge in [-0.25, -0.2) is 0 Å². The number of hydrogen-bond donors (Lipinski definition) is 2. The quantitative estimate of drug-likeness (QED) is 0.728. The van der Waals surface area contributed by atoms with Crippen LogP contribution >= 0.6 is 22.7 Å². The number of hydrogen-bond acceptors (Lipinski definition) is 8. The Hall–Kier alpha value is -1.94. The average Bonchev–Trinajstić information content (AvgIpc) is 3.16. The van der Waals surface area contributed by atoms with E-state index in [0.717, 1.165) is 22.9 Å². The average molecular weight is 395 g/mol. The minimum Gasteiger partial charge on any atom is -0.303 e. The van der Waals surface area contributed by atoms with Crippen LogP contribution in [0.3, 0.4) is 0 Å². The molecule has 140 valence electrons. The van der Waals surface area contributed by atoms with Gasteiger partial charge in [-0.3, -0.25) is 9.59 Å². The monoisotopic (exact) mass is 394 g/mol. The summed E-state index contributed by atoms with van der Waals surface area (Å²) in [6, 6.07) is 0. The van der Waals surface area contributed by atoms with Crippen molar-refractivity contribution in [1.82, 2.24) is 20.4 Å². The molecule has 0 unspecified atom stereocenters. The number of rotatable bonds is 6. The largest absolute Gasteiger partial charge is 0.303 e. The number of aromatic nitrogens is 4. The first kappa shape index (κ1) is 18.8. The van der Waals surface area contributed by atoms with Gasteiger partial charge < -0.3 is 10.6 Å². The van der Waals surface area contributed by atoms with Crippen molar-refractivity contribution in [1.29, 1.82) is 0 Å². The fourth-order valence-corrected chi connectivity index (χ4v) is 6.18. The molecule has 0 saturated heterocycles. The lowest BCUT2D eigenvalue weighted by Gasteiger charge is -2.49. The van der Waals surface area contributed by atoms with Crippen molar-refractivity contribution in [3.05, 3.63) is 10.0 Å². The van der Waals surface area contributed by atoms with E-state index in [0.29, 0.717) is 23.1 Å². The fraction of sp³-hybridized carbons (Fsp3) is 0.625. The van der Waals surface area contributed by atoms with Crippen LogP contribution < -0.4 is 10.6 Å². The van der Waals surface area contributed by atoms with E-state index in [1.165, 1.54) is 22.7 Å². The van der Waals surface area contributed by atoms with E-state index in [-0.39, 0.29) is 22.7 Å². The van der Waals surface area contributed by atoms with Crippen molar-refractivity contribution < 1.29 is 9.59 Å². The second-order valence-electron chi connectivity index (χ2n) is 7.91. The predicted molar refractivity (Wildman–Crippen MR) is 101 cm³/mol. The maximum absolute atomic E-state index is 10.6. The zero-order valence-corrected chi connectivity index (χ0v) is 16.8. The van der Waals surface area contributed by atoms with Crippen LogP contribution in [0.15, 0.2) is 0 Å². The third kappa shape index (κ3) is 3.61. The van der Waals surface area contributed by atoms with Gasteiger partial charge in [0.2, 0.25) is 23.1 Å². The topological polar surface area (TPSA) is 110 Å². The van der Waals surface area contributed by atoms with Crippen LogP contribution in [0.4, 0.5) is 10.3 Å². The zero-order valence-electron chi connectivity index (χ0n) is 15.1. The maximum atomic E-state index is 10.6. The highest BCUT2D eigenvalue weighted by Crippen LogP contribution is 2.59. The van der Waals surface area contributed by atoms with Gasteiger partial charge in [0, 0.05) is 11.8 Å². The Morgan fingerprint density at radius 2 is 1.27 bits per heavy atom. The van der Waals surface area contributed by atoms with E-state index in [1.807, 2.05) is 0 Å². The molecule has 1 fully saturated rings. The molecule has 1 aliphatic carbocycles. The molecular formula is C16H22N6O2S2. The van der Waals surface area contributed by atoms with Gasteiger partial charge in [-0.2, -0.15) is 0 Å². The molecule has 10 heteroatoms. The van der Waals surface area contributed by atoms with E-state index < -0.39 is 0 Å². The van der Waals surface area contributed by atoms with Gasteiger partial charge in [0.25, 0.3) is 0 Å². The van der Waals surface area contributed by atoms with Crippen LogP contribution in [0.1, 0.15) is 62.4 Å². The molecular weight excluding hydrogens is 372 g/mol. The lowest BCUT2D eigenvalue weighted by Crippen LogP contribution is -2.40. The van der Waals surface area contributed by atoms with Gasteiger partial charge in [0.15, 0.2) is 0 Å². The summed E-state index contributed by atoms with van der Waals surface area (Å²) in [5.41, 5.74) is 0.0685. The number of amides is 2. The Morgan fingerprint density at radius 3 is 1.65 bits per heavy atom. The molecule has 2 heterocycles. The van der Waals surface area contributed by atoms with Gasteiger partial charge in [-0.05, 0) is 23.7 Å². The molecule has 1 saturated carbocycles. The van der Waals surface area contributed by atoms with Crippen molar-refractivity contribution in [3.8, 4) is 0 Å². The predicted octanol–water partition coefficient (Wildman–Crippen LogP) is 3.24.